The van der Waals surface area contributed by atoms with Gasteiger partial charge in [-0.15, -0.1) is 22.7 Å². The maximum Gasteiger partial charge on any atom is 0.305 e. The molecule has 3 aromatic rings. The molecule has 1 aromatic carbocycles. The number of nitrogens with one attached hydrogen (secondary N) is 1. The van der Waals surface area contributed by atoms with Gasteiger partial charge in [0, 0.05) is 13.1 Å². The number of benzene rings is 1. The minimum Gasteiger partial charge on any atom is -0.481 e. The Morgan fingerprint density at radius 3 is 2.34 bits per heavy atom. The number of carboxylic acid groups (broad SMARTS) is 1. The summed E-state index contributed by atoms with van der Waals surface area (Å²) < 4.78 is 41.0. The van der Waals surface area contributed by atoms with Crippen molar-refractivity contribution in [2.24, 2.45) is 0 Å². The summed E-state index contributed by atoms with van der Waals surface area (Å²) in [6, 6.07) is 10.1. The van der Waals surface area contributed by atoms with Crippen molar-refractivity contribution in [2.45, 2.75) is 22.8 Å². The van der Waals surface area contributed by atoms with E-state index >= 15 is 0 Å². The minimum atomic E-state index is -4.12. The fourth-order valence-corrected chi connectivity index (χ4v) is 7.12. The third kappa shape index (κ3) is 5.27. The first-order valence-electron chi connectivity index (χ1n) is 10.4. The molecule has 0 aliphatic carbocycles. The molecule has 2 atom stereocenters. The summed E-state index contributed by atoms with van der Waals surface area (Å²) in [5.41, 5.74) is 0.323. The summed E-state index contributed by atoms with van der Waals surface area (Å²) in [4.78, 5) is 39.6. The van der Waals surface area contributed by atoms with Gasteiger partial charge in [-0.05, 0) is 40.6 Å². The maximum absolute atomic E-state index is 13.5. The second-order valence-corrected chi connectivity index (χ2v) is 11.6. The van der Waals surface area contributed by atoms with Gasteiger partial charge in [0.25, 0.3) is 21.8 Å². The number of aliphatic carboxylic acids is 1. The normalized spacial score (nSPS) is 17.3. The van der Waals surface area contributed by atoms with E-state index in [2.05, 4.69) is 5.32 Å². The molecule has 1 saturated heterocycles. The zero-order valence-corrected chi connectivity index (χ0v) is 20.5. The summed E-state index contributed by atoms with van der Waals surface area (Å²) >= 11 is 2.14. The number of carbonyl (C=O) groups is 3. The lowest BCUT2D eigenvalue weighted by Crippen LogP contribution is -2.54. The molecule has 9 nitrogen and oxygen atoms in total. The van der Waals surface area contributed by atoms with Crippen LogP contribution in [0.5, 0.6) is 0 Å². The minimum absolute atomic E-state index is 0.0151. The van der Waals surface area contributed by atoms with Crippen molar-refractivity contribution < 1.29 is 32.3 Å². The SMILES string of the molecule is O=C(O)CC(NC(=O)C1N(C(=O)c2cccs2)CCN1S(=O)(=O)c1cccs1)c1ccc(F)cc1. The van der Waals surface area contributed by atoms with E-state index in [0.717, 1.165) is 44.0 Å². The number of rotatable bonds is 8. The zero-order valence-electron chi connectivity index (χ0n) is 18.0. The molecule has 0 bridgehead atoms. The van der Waals surface area contributed by atoms with Crippen LogP contribution in [0.4, 0.5) is 4.39 Å². The molecular weight excluding hydrogens is 517 g/mol. The summed E-state index contributed by atoms with van der Waals surface area (Å²) in [7, 11) is -4.12. The maximum atomic E-state index is 13.5. The van der Waals surface area contributed by atoms with E-state index in [1.807, 2.05) is 0 Å². The zero-order chi connectivity index (χ0) is 25.2. The number of nitrogens with zero attached hydrogens (tertiary/aromatic N) is 2. The highest BCUT2D eigenvalue weighted by molar-refractivity contribution is 7.91. The first kappa shape index (κ1) is 25.0. The van der Waals surface area contributed by atoms with Gasteiger partial charge in [-0.25, -0.2) is 12.8 Å². The van der Waals surface area contributed by atoms with Crippen LogP contribution in [0.2, 0.25) is 0 Å². The number of carboxylic acids is 1. The summed E-state index contributed by atoms with van der Waals surface area (Å²) in [5, 5.41) is 15.2. The summed E-state index contributed by atoms with van der Waals surface area (Å²) in [6.07, 6.45) is -2.06. The van der Waals surface area contributed by atoms with E-state index < -0.39 is 52.3 Å². The van der Waals surface area contributed by atoms with Crippen LogP contribution in [0.1, 0.15) is 27.7 Å². The smallest absolute Gasteiger partial charge is 0.305 e. The molecule has 1 fully saturated rings. The molecule has 4 rings (SSSR count). The standard InChI is InChI=1S/C22H20FN3O6S3/c23-15-7-5-14(6-8-15)16(13-18(27)28)24-20(29)21-25(22(30)17-3-1-11-33-17)9-10-26(21)35(31,32)19-4-2-12-34-19/h1-8,11-12,16,21H,9-10,13H2,(H,24,29)(H,27,28). The molecule has 0 saturated carbocycles. The molecule has 2 unspecified atom stereocenters. The van der Waals surface area contributed by atoms with E-state index in [9.17, 15) is 32.3 Å². The highest BCUT2D eigenvalue weighted by Gasteiger charge is 2.47. The summed E-state index contributed by atoms with van der Waals surface area (Å²) in [6.45, 7) is -0.144. The molecule has 13 heteroatoms. The van der Waals surface area contributed by atoms with Crippen molar-refractivity contribution in [3.05, 3.63) is 75.5 Å². The van der Waals surface area contributed by atoms with E-state index in [-0.39, 0.29) is 17.3 Å². The van der Waals surface area contributed by atoms with Gasteiger partial charge in [-0.3, -0.25) is 14.4 Å². The molecule has 1 aliphatic heterocycles. The molecule has 0 spiro atoms. The average Bonchev–Trinajstić information content (AvgIpc) is 3.60. The lowest BCUT2D eigenvalue weighted by Gasteiger charge is -2.30. The fraction of sp³-hybridized carbons (Fsp3) is 0.227. The molecule has 35 heavy (non-hydrogen) atoms. The Morgan fingerprint density at radius 1 is 1.06 bits per heavy atom. The predicted octanol–water partition coefficient (Wildman–Crippen LogP) is 2.75. The van der Waals surface area contributed by atoms with Gasteiger partial charge < -0.3 is 15.3 Å². The molecule has 3 heterocycles. The largest absolute Gasteiger partial charge is 0.481 e. The highest BCUT2D eigenvalue weighted by Crippen LogP contribution is 2.30. The van der Waals surface area contributed by atoms with Gasteiger partial charge in [0.2, 0.25) is 0 Å². The third-order valence-corrected chi connectivity index (χ3v) is 9.47. The lowest BCUT2D eigenvalue weighted by molar-refractivity contribution is -0.138. The van der Waals surface area contributed by atoms with Gasteiger partial charge in [-0.2, -0.15) is 4.31 Å². The van der Waals surface area contributed by atoms with Crippen molar-refractivity contribution in [2.75, 3.05) is 13.1 Å². The van der Waals surface area contributed by atoms with Crippen LogP contribution in [0, 0.1) is 5.82 Å². The highest BCUT2D eigenvalue weighted by atomic mass is 32.2. The summed E-state index contributed by atoms with van der Waals surface area (Å²) in [5.74, 6) is -3.13. The Labute approximate surface area is 208 Å². The number of amides is 2. The van der Waals surface area contributed by atoms with Crippen LogP contribution in [-0.2, 0) is 19.6 Å². The molecule has 2 N–H and O–H groups in total. The van der Waals surface area contributed by atoms with Crippen molar-refractivity contribution in [1.29, 1.82) is 0 Å². The van der Waals surface area contributed by atoms with Gasteiger partial charge >= 0.3 is 5.97 Å². The molecule has 2 amide bonds. The van der Waals surface area contributed by atoms with Crippen LogP contribution in [0.25, 0.3) is 0 Å². The van der Waals surface area contributed by atoms with Crippen LogP contribution < -0.4 is 5.32 Å². The second kappa shape index (κ2) is 10.2. The van der Waals surface area contributed by atoms with Gasteiger partial charge in [0.15, 0.2) is 6.17 Å². The van der Waals surface area contributed by atoms with Crippen molar-refractivity contribution >= 4 is 50.5 Å². The Bertz CT molecular complexity index is 1310. The Morgan fingerprint density at radius 2 is 1.74 bits per heavy atom. The number of hydrogen-bond donors (Lipinski definition) is 2. The van der Waals surface area contributed by atoms with E-state index in [0.29, 0.717) is 10.4 Å². The predicted molar refractivity (Wildman–Crippen MR) is 127 cm³/mol. The molecular formula is C22H20FN3O6S3. The number of carbonyl (C=O) groups excluding carboxylic acids is 2. The third-order valence-electron chi connectivity index (χ3n) is 5.38. The van der Waals surface area contributed by atoms with Gasteiger partial charge in [0.05, 0.1) is 17.3 Å². The average molecular weight is 538 g/mol. The molecule has 0 radical (unpaired) electrons. The fourth-order valence-electron chi connectivity index (χ4n) is 3.78. The topological polar surface area (TPSA) is 124 Å². The first-order chi connectivity index (χ1) is 16.7. The van der Waals surface area contributed by atoms with Crippen LogP contribution >= 0.6 is 22.7 Å². The first-order valence-corrected chi connectivity index (χ1v) is 13.6. The van der Waals surface area contributed by atoms with Crippen molar-refractivity contribution in [3.8, 4) is 0 Å². The number of thiophene rings is 2. The van der Waals surface area contributed by atoms with E-state index in [4.69, 9.17) is 0 Å². The lowest BCUT2D eigenvalue weighted by atomic mass is 10.0. The van der Waals surface area contributed by atoms with Gasteiger partial charge in [0.1, 0.15) is 10.0 Å². The number of sulfonamides is 1. The van der Waals surface area contributed by atoms with Crippen molar-refractivity contribution in [3.63, 3.8) is 0 Å². The number of hydrogen-bond acceptors (Lipinski definition) is 7. The Kier molecular flexibility index (Phi) is 7.31. The Hall–Kier alpha value is -3.13. The second-order valence-electron chi connectivity index (χ2n) is 7.61. The molecule has 184 valence electrons. The van der Waals surface area contributed by atoms with E-state index in [1.165, 1.54) is 18.2 Å². The van der Waals surface area contributed by atoms with Gasteiger partial charge in [-0.1, -0.05) is 24.3 Å². The Balaban J connectivity index is 1.69. The number of halogens is 1. The quantitative estimate of drug-likeness (QED) is 0.455. The molecule has 1 aliphatic rings. The molecule has 2 aromatic heterocycles. The van der Waals surface area contributed by atoms with Crippen LogP contribution in [0.15, 0.2) is 63.5 Å². The van der Waals surface area contributed by atoms with Crippen LogP contribution in [-0.4, -0.2) is 59.8 Å². The van der Waals surface area contributed by atoms with Crippen LogP contribution in [0.3, 0.4) is 0 Å². The van der Waals surface area contributed by atoms with E-state index in [1.54, 1.807) is 29.0 Å². The van der Waals surface area contributed by atoms with Crippen molar-refractivity contribution in [1.82, 2.24) is 14.5 Å². The monoisotopic (exact) mass is 537 g/mol.